The molecule has 2 rings (SSSR count). The molecular formula is C20H24N2O3. The van der Waals surface area contributed by atoms with Crippen molar-refractivity contribution in [2.75, 3.05) is 13.2 Å². The van der Waals surface area contributed by atoms with Gasteiger partial charge in [-0.15, -0.1) is 0 Å². The number of carbonyl (C=O) groups is 1. The summed E-state index contributed by atoms with van der Waals surface area (Å²) >= 11 is 0. The van der Waals surface area contributed by atoms with E-state index < -0.39 is 0 Å². The number of hydrogen-bond donors (Lipinski definition) is 1. The van der Waals surface area contributed by atoms with E-state index >= 15 is 0 Å². The molecule has 132 valence electrons. The van der Waals surface area contributed by atoms with Crippen LogP contribution >= 0.6 is 0 Å². The van der Waals surface area contributed by atoms with Crippen LogP contribution in [0.5, 0.6) is 11.5 Å². The van der Waals surface area contributed by atoms with Gasteiger partial charge in [-0.25, -0.2) is 5.43 Å². The van der Waals surface area contributed by atoms with Gasteiger partial charge in [-0.1, -0.05) is 25.1 Å². The fraction of sp³-hybridized carbons (Fsp3) is 0.300. The predicted molar refractivity (Wildman–Crippen MR) is 99.4 cm³/mol. The van der Waals surface area contributed by atoms with Crippen LogP contribution in [0, 0.1) is 13.8 Å². The van der Waals surface area contributed by atoms with E-state index in [-0.39, 0.29) is 12.5 Å². The first-order valence-corrected chi connectivity index (χ1v) is 8.34. The van der Waals surface area contributed by atoms with Crippen molar-refractivity contribution in [2.45, 2.75) is 27.2 Å². The Morgan fingerprint density at radius 2 is 1.76 bits per heavy atom. The minimum absolute atomic E-state index is 0.0766. The molecule has 2 aromatic rings. The van der Waals surface area contributed by atoms with Crippen molar-refractivity contribution >= 4 is 12.1 Å². The molecule has 0 aliphatic heterocycles. The van der Waals surface area contributed by atoms with E-state index in [1.807, 2.05) is 56.3 Å². The van der Waals surface area contributed by atoms with Gasteiger partial charge in [-0.2, -0.15) is 5.10 Å². The van der Waals surface area contributed by atoms with Gasteiger partial charge in [-0.05, 0) is 61.2 Å². The van der Waals surface area contributed by atoms with Gasteiger partial charge in [0.2, 0.25) is 0 Å². The highest BCUT2D eigenvalue weighted by Crippen LogP contribution is 2.21. The number of benzene rings is 2. The fourth-order valence-electron chi connectivity index (χ4n) is 2.25. The lowest BCUT2D eigenvalue weighted by Gasteiger charge is -2.10. The van der Waals surface area contributed by atoms with Crippen molar-refractivity contribution in [1.82, 2.24) is 5.43 Å². The molecular weight excluding hydrogens is 316 g/mol. The number of aryl methyl sites for hydroxylation is 2. The number of para-hydroxylation sites is 1. The lowest BCUT2D eigenvalue weighted by atomic mass is 10.1. The van der Waals surface area contributed by atoms with Crippen LogP contribution in [0.15, 0.2) is 47.6 Å². The fourth-order valence-corrected chi connectivity index (χ4v) is 2.25. The molecule has 0 spiro atoms. The summed E-state index contributed by atoms with van der Waals surface area (Å²) in [5, 5.41) is 3.95. The molecule has 5 nitrogen and oxygen atoms in total. The van der Waals surface area contributed by atoms with E-state index in [4.69, 9.17) is 9.47 Å². The predicted octanol–water partition coefficient (Wildman–Crippen LogP) is 3.62. The highest BCUT2D eigenvalue weighted by atomic mass is 16.5. The van der Waals surface area contributed by atoms with Gasteiger partial charge < -0.3 is 9.47 Å². The van der Waals surface area contributed by atoms with Crippen LogP contribution in [-0.2, 0) is 4.79 Å². The summed E-state index contributed by atoms with van der Waals surface area (Å²) in [5.41, 5.74) is 5.34. The van der Waals surface area contributed by atoms with Gasteiger partial charge in [0, 0.05) is 0 Å². The number of hydrogen-bond acceptors (Lipinski definition) is 4. The number of rotatable bonds is 8. The van der Waals surface area contributed by atoms with E-state index in [1.54, 1.807) is 6.21 Å². The second-order valence-electron chi connectivity index (χ2n) is 5.72. The molecule has 0 fully saturated rings. The first-order valence-electron chi connectivity index (χ1n) is 8.34. The third-order valence-electron chi connectivity index (χ3n) is 3.51. The molecule has 0 saturated carbocycles. The Morgan fingerprint density at radius 3 is 2.40 bits per heavy atom. The molecule has 25 heavy (non-hydrogen) atoms. The number of amides is 1. The molecule has 0 aromatic heterocycles. The summed E-state index contributed by atoms with van der Waals surface area (Å²) in [6, 6.07) is 13.4. The second-order valence-corrected chi connectivity index (χ2v) is 5.72. The zero-order chi connectivity index (χ0) is 18.1. The van der Waals surface area contributed by atoms with Crippen LogP contribution in [0.1, 0.15) is 30.0 Å². The van der Waals surface area contributed by atoms with Crippen molar-refractivity contribution in [3.63, 3.8) is 0 Å². The molecule has 1 amide bonds. The first-order chi connectivity index (χ1) is 12.1. The van der Waals surface area contributed by atoms with Crippen LogP contribution in [0.2, 0.25) is 0 Å². The molecule has 5 heteroatoms. The Balaban J connectivity index is 1.80. The van der Waals surface area contributed by atoms with Gasteiger partial charge in [0.15, 0.2) is 6.61 Å². The van der Waals surface area contributed by atoms with Crippen molar-refractivity contribution in [3.8, 4) is 11.5 Å². The summed E-state index contributed by atoms with van der Waals surface area (Å²) in [7, 11) is 0. The zero-order valence-electron chi connectivity index (χ0n) is 14.9. The number of carbonyl (C=O) groups excluding carboxylic acids is 1. The van der Waals surface area contributed by atoms with Gasteiger partial charge in [0.05, 0.1) is 12.8 Å². The third-order valence-corrected chi connectivity index (χ3v) is 3.51. The molecule has 2 aromatic carbocycles. The maximum absolute atomic E-state index is 11.8. The lowest BCUT2D eigenvalue weighted by molar-refractivity contribution is -0.123. The molecule has 0 bridgehead atoms. The van der Waals surface area contributed by atoms with E-state index in [0.29, 0.717) is 6.61 Å². The summed E-state index contributed by atoms with van der Waals surface area (Å²) in [5.74, 6) is 1.26. The Labute approximate surface area is 148 Å². The molecule has 0 atom stereocenters. The van der Waals surface area contributed by atoms with E-state index in [2.05, 4.69) is 17.5 Å². The van der Waals surface area contributed by atoms with Crippen molar-refractivity contribution in [2.24, 2.45) is 5.10 Å². The molecule has 0 aliphatic rings. The van der Waals surface area contributed by atoms with Gasteiger partial charge in [0.25, 0.3) is 5.91 Å². The number of ether oxygens (including phenoxy) is 2. The Hall–Kier alpha value is -2.82. The highest BCUT2D eigenvalue weighted by molar-refractivity contribution is 5.83. The molecule has 0 saturated heterocycles. The van der Waals surface area contributed by atoms with Gasteiger partial charge in [-0.3, -0.25) is 4.79 Å². The molecule has 0 heterocycles. The number of nitrogens with one attached hydrogen (secondary N) is 1. The minimum Gasteiger partial charge on any atom is -0.494 e. The monoisotopic (exact) mass is 340 g/mol. The van der Waals surface area contributed by atoms with Crippen molar-refractivity contribution in [3.05, 3.63) is 59.2 Å². The van der Waals surface area contributed by atoms with Crippen molar-refractivity contribution < 1.29 is 14.3 Å². The van der Waals surface area contributed by atoms with Crippen LogP contribution in [0.25, 0.3) is 0 Å². The summed E-state index contributed by atoms with van der Waals surface area (Å²) in [4.78, 5) is 11.8. The van der Waals surface area contributed by atoms with Crippen LogP contribution in [0.4, 0.5) is 0 Å². The smallest absolute Gasteiger partial charge is 0.277 e. The van der Waals surface area contributed by atoms with E-state index in [9.17, 15) is 4.79 Å². The molecule has 0 aliphatic carbocycles. The molecule has 0 unspecified atom stereocenters. The maximum atomic E-state index is 11.8. The SMILES string of the molecule is CCCOc1ccc(/C=N\NC(=O)COc2c(C)cccc2C)cc1. The van der Waals surface area contributed by atoms with Crippen LogP contribution in [0.3, 0.4) is 0 Å². The quantitative estimate of drug-likeness (QED) is 0.590. The Kier molecular flexibility index (Phi) is 7.01. The summed E-state index contributed by atoms with van der Waals surface area (Å²) in [6.07, 6.45) is 2.56. The number of hydrazone groups is 1. The topological polar surface area (TPSA) is 59.9 Å². The minimum atomic E-state index is -0.304. The molecule has 1 N–H and O–H groups in total. The second kappa shape index (κ2) is 9.47. The Morgan fingerprint density at radius 1 is 1.08 bits per heavy atom. The number of nitrogens with zero attached hydrogens (tertiary/aromatic N) is 1. The highest BCUT2D eigenvalue weighted by Gasteiger charge is 2.06. The average molecular weight is 340 g/mol. The lowest BCUT2D eigenvalue weighted by Crippen LogP contribution is -2.25. The molecule has 0 radical (unpaired) electrons. The Bertz CT molecular complexity index is 704. The van der Waals surface area contributed by atoms with E-state index in [1.165, 1.54) is 0 Å². The normalized spacial score (nSPS) is 10.7. The first kappa shape index (κ1) is 18.5. The van der Waals surface area contributed by atoms with Gasteiger partial charge in [0.1, 0.15) is 11.5 Å². The zero-order valence-corrected chi connectivity index (χ0v) is 14.9. The maximum Gasteiger partial charge on any atom is 0.277 e. The standard InChI is InChI=1S/C20H24N2O3/c1-4-12-24-18-10-8-17(9-11-18)13-21-22-19(23)14-25-20-15(2)6-5-7-16(20)3/h5-11,13H,4,12,14H2,1-3H3,(H,22,23)/b21-13-. The summed E-state index contributed by atoms with van der Waals surface area (Å²) in [6.45, 7) is 6.59. The average Bonchev–Trinajstić information content (AvgIpc) is 2.60. The van der Waals surface area contributed by atoms with Crippen LogP contribution in [-0.4, -0.2) is 25.3 Å². The van der Waals surface area contributed by atoms with E-state index in [0.717, 1.165) is 34.6 Å². The van der Waals surface area contributed by atoms with Gasteiger partial charge >= 0.3 is 0 Å². The summed E-state index contributed by atoms with van der Waals surface area (Å²) < 4.78 is 11.1. The largest absolute Gasteiger partial charge is 0.494 e. The third kappa shape index (κ3) is 5.95. The van der Waals surface area contributed by atoms with Crippen LogP contribution < -0.4 is 14.9 Å². The van der Waals surface area contributed by atoms with Crippen molar-refractivity contribution in [1.29, 1.82) is 0 Å².